The van der Waals surface area contributed by atoms with Crippen molar-refractivity contribution >= 4 is 18.0 Å². The van der Waals surface area contributed by atoms with Crippen LogP contribution in [0.15, 0.2) is 29.5 Å². The van der Waals surface area contributed by atoms with Crippen LogP contribution in [0.25, 0.3) is 0 Å². The Balaban J connectivity index is 1.93. The third-order valence-electron chi connectivity index (χ3n) is 6.65. The summed E-state index contributed by atoms with van der Waals surface area (Å²) in [4.78, 5) is 44.6. The minimum absolute atomic E-state index is 0.0229. The summed E-state index contributed by atoms with van der Waals surface area (Å²) >= 11 is 0. The molecule has 1 aromatic carbocycles. The number of benzene rings is 1. The molecule has 0 saturated carbocycles. The van der Waals surface area contributed by atoms with Gasteiger partial charge in [0.2, 0.25) is 0 Å². The summed E-state index contributed by atoms with van der Waals surface area (Å²) in [5.41, 5.74) is 3.69. The van der Waals surface area contributed by atoms with Crippen LogP contribution in [0.4, 0.5) is 9.59 Å². The van der Waals surface area contributed by atoms with Crippen molar-refractivity contribution in [3.05, 3.63) is 46.2 Å². The average Bonchev–Trinajstić information content (AvgIpc) is 2.77. The monoisotopic (exact) mass is 499 g/mol. The van der Waals surface area contributed by atoms with Crippen LogP contribution in [0.2, 0.25) is 0 Å². The van der Waals surface area contributed by atoms with Crippen LogP contribution in [-0.2, 0) is 9.53 Å². The van der Waals surface area contributed by atoms with Gasteiger partial charge in [0.15, 0.2) is 0 Å². The Morgan fingerprint density at radius 3 is 2.50 bits per heavy atom. The van der Waals surface area contributed by atoms with Gasteiger partial charge in [0, 0.05) is 50.5 Å². The van der Waals surface area contributed by atoms with E-state index >= 15 is 0 Å². The van der Waals surface area contributed by atoms with E-state index in [0.29, 0.717) is 37.4 Å². The third-order valence-corrected chi connectivity index (χ3v) is 6.65. The van der Waals surface area contributed by atoms with Crippen LogP contribution in [0.3, 0.4) is 0 Å². The fraction of sp³-hybridized carbons (Fsp3) is 0.593. The van der Waals surface area contributed by atoms with Crippen LogP contribution in [0.1, 0.15) is 57.4 Å². The second-order valence-corrected chi connectivity index (χ2v) is 10.8. The van der Waals surface area contributed by atoms with E-state index in [4.69, 9.17) is 4.74 Å². The molecule has 0 bridgehead atoms. The number of hydrogen-bond donors (Lipinski definition) is 2. The largest absolute Gasteiger partial charge is 0.463 e. The van der Waals surface area contributed by atoms with Crippen molar-refractivity contribution in [2.24, 2.45) is 0 Å². The van der Waals surface area contributed by atoms with Gasteiger partial charge in [0.1, 0.15) is 0 Å². The van der Waals surface area contributed by atoms with Crippen LogP contribution >= 0.6 is 0 Å². The lowest BCUT2D eigenvalue weighted by Gasteiger charge is -2.43. The fourth-order valence-corrected chi connectivity index (χ4v) is 4.79. The van der Waals surface area contributed by atoms with Crippen LogP contribution < -0.4 is 10.6 Å². The van der Waals surface area contributed by atoms with E-state index in [1.54, 1.807) is 14.0 Å². The van der Waals surface area contributed by atoms with Crippen molar-refractivity contribution < 1.29 is 19.1 Å². The molecule has 0 aliphatic carbocycles. The summed E-state index contributed by atoms with van der Waals surface area (Å²) in [6.07, 6.45) is 0. The molecule has 0 unspecified atom stereocenters. The van der Waals surface area contributed by atoms with Gasteiger partial charge in [-0.3, -0.25) is 9.80 Å². The molecule has 1 saturated heterocycles. The lowest BCUT2D eigenvalue weighted by Crippen LogP contribution is -2.59. The standard InChI is InChI=1S/C27H41N5O4/c1-9-36-24(33)22-21(16-31-12-13-32(19(4)15-31)26(35)29-27(5,6)7)30(8)25(34)28-23(22)20-14-17(2)10-11-18(20)3/h10-11,14,19,23H,9,12-13,15-16H2,1-8H3,(H,28,34)(H,29,35)/t19-,23-/m1/s1. The molecule has 2 aliphatic rings. The molecule has 36 heavy (non-hydrogen) atoms. The van der Waals surface area contributed by atoms with Crippen LogP contribution in [-0.4, -0.2) is 84.1 Å². The number of amides is 4. The zero-order valence-corrected chi connectivity index (χ0v) is 22.9. The van der Waals surface area contributed by atoms with E-state index in [-0.39, 0.29) is 30.2 Å². The summed E-state index contributed by atoms with van der Waals surface area (Å²) in [6.45, 7) is 16.1. The van der Waals surface area contributed by atoms with Gasteiger partial charge in [-0.2, -0.15) is 0 Å². The highest BCUT2D eigenvalue weighted by atomic mass is 16.5. The zero-order valence-electron chi connectivity index (χ0n) is 22.9. The van der Waals surface area contributed by atoms with Crippen molar-refractivity contribution in [1.82, 2.24) is 25.3 Å². The Hall–Kier alpha value is -3.07. The molecule has 2 N–H and O–H groups in total. The molecule has 0 radical (unpaired) electrons. The van der Waals surface area contributed by atoms with E-state index in [0.717, 1.165) is 16.7 Å². The summed E-state index contributed by atoms with van der Waals surface area (Å²) in [6, 6.07) is 5.06. The van der Waals surface area contributed by atoms with Gasteiger partial charge in [-0.15, -0.1) is 0 Å². The van der Waals surface area contributed by atoms with Crippen molar-refractivity contribution in [2.45, 2.75) is 66.1 Å². The highest BCUT2D eigenvalue weighted by Crippen LogP contribution is 2.33. The number of hydrogen-bond acceptors (Lipinski definition) is 5. The number of nitrogens with zero attached hydrogens (tertiary/aromatic N) is 3. The summed E-state index contributed by atoms with van der Waals surface area (Å²) in [7, 11) is 1.68. The first-order chi connectivity index (χ1) is 16.8. The number of esters is 1. The SMILES string of the molecule is CCOC(=O)C1=C(CN2CCN(C(=O)NC(C)(C)C)[C@H](C)C2)N(C)C(=O)N[C@@H]1c1cc(C)ccc1C. The topological polar surface area (TPSA) is 94.2 Å². The molecule has 0 aromatic heterocycles. The lowest BCUT2D eigenvalue weighted by molar-refractivity contribution is -0.139. The first-order valence-electron chi connectivity index (χ1n) is 12.6. The summed E-state index contributed by atoms with van der Waals surface area (Å²) < 4.78 is 5.47. The molecule has 9 heteroatoms. The van der Waals surface area contributed by atoms with Gasteiger partial charge in [-0.25, -0.2) is 14.4 Å². The van der Waals surface area contributed by atoms with Gasteiger partial charge >= 0.3 is 18.0 Å². The number of ether oxygens (including phenoxy) is 1. The minimum atomic E-state index is -0.598. The molecule has 3 rings (SSSR count). The number of urea groups is 2. The van der Waals surface area contributed by atoms with Gasteiger partial charge in [-0.05, 0) is 59.6 Å². The molecule has 1 fully saturated rings. The number of carbonyl (C=O) groups excluding carboxylic acids is 3. The molecular formula is C27H41N5O4. The maximum absolute atomic E-state index is 13.3. The van der Waals surface area contributed by atoms with Crippen molar-refractivity contribution in [3.8, 4) is 0 Å². The van der Waals surface area contributed by atoms with Gasteiger partial charge in [0.25, 0.3) is 0 Å². The van der Waals surface area contributed by atoms with Crippen LogP contribution in [0, 0.1) is 13.8 Å². The molecule has 0 spiro atoms. The third kappa shape index (κ3) is 6.19. The number of carbonyl (C=O) groups is 3. The Morgan fingerprint density at radius 1 is 1.19 bits per heavy atom. The van der Waals surface area contributed by atoms with Crippen molar-refractivity contribution in [1.29, 1.82) is 0 Å². The maximum atomic E-state index is 13.3. The predicted molar refractivity (Wildman–Crippen MR) is 140 cm³/mol. The van der Waals surface area contributed by atoms with E-state index in [9.17, 15) is 14.4 Å². The zero-order chi connectivity index (χ0) is 26.8. The first-order valence-corrected chi connectivity index (χ1v) is 12.6. The van der Waals surface area contributed by atoms with Gasteiger partial charge in [0.05, 0.1) is 18.2 Å². The smallest absolute Gasteiger partial charge is 0.338 e. The van der Waals surface area contributed by atoms with Crippen LogP contribution in [0.5, 0.6) is 0 Å². The number of nitrogens with one attached hydrogen (secondary N) is 2. The van der Waals surface area contributed by atoms with E-state index in [1.165, 1.54) is 4.90 Å². The Kier molecular flexibility index (Phi) is 8.33. The first kappa shape index (κ1) is 27.5. The molecule has 2 atom stereocenters. The highest BCUT2D eigenvalue weighted by molar-refractivity contribution is 5.95. The molecule has 9 nitrogen and oxygen atoms in total. The Morgan fingerprint density at radius 2 is 1.89 bits per heavy atom. The Labute approximate surface area is 214 Å². The minimum Gasteiger partial charge on any atom is -0.463 e. The van der Waals surface area contributed by atoms with E-state index in [1.807, 2.05) is 64.6 Å². The van der Waals surface area contributed by atoms with Gasteiger partial charge in [-0.1, -0.05) is 23.8 Å². The second kappa shape index (κ2) is 10.9. The molecule has 2 heterocycles. The normalized spacial score (nSPS) is 21.4. The number of likely N-dealkylation sites (N-methyl/N-ethyl adjacent to an activating group) is 1. The molecular weight excluding hydrogens is 458 g/mol. The number of aryl methyl sites for hydroxylation is 2. The van der Waals surface area contributed by atoms with Crippen molar-refractivity contribution in [2.75, 3.05) is 39.8 Å². The predicted octanol–water partition coefficient (Wildman–Crippen LogP) is 3.33. The average molecular weight is 500 g/mol. The van der Waals surface area contributed by atoms with E-state index in [2.05, 4.69) is 15.5 Å². The highest BCUT2D eigenvalue weighted by Gasteiger charge is 2.39. The Bertz CT molecular complexity index is 1050. The summed E-state index contributed by atoms with van der Waals surface area (Å²) in [5.74, 6) is -0.429. The molecule has 1 aromatic rings. The quantitative estimate of drug-likeness (QED) is 0.606. The molecule has 4 amide bonds. The lowest BCUT2D eigenvalue weighted by atomic mass is 9.90. The fourth-order valence-electron chi connectivity index (χ4n) is 4.79. The second-order valence-electron chi connectivity index (χ2n) is 10.8. The van der Waals surface area contributed by atoms with Crippen molar-refractivity contribution in [3.63, 3.8) is 0 Å². The maximum Gasteiger partial charge on any atom is 0.338 e. The number of rotatable bonds is 5. The number of piperazine rings is 1. The van der Waals surface area contributed by atoms with Gasteiger partial charge < -0.3 is 20.3 Å². The molecule has 198 valence electrons. The summed E-state index contributed by atoms with van der Waals surface area (Å²) in [5, 5.41) is 6.04. The molecule has 2 aliphatic heterocycles. The van der Waals surface area contributed by atoms with E-state index < -0.39 is 12.0 Å².